The first-order valence-electron chi connectivity index (χ1n) is 10.9. The van der Waals surface area contributed by atoms with E-state index in [1.165, 1.54) is 18.5 Å². The van der Waals surface area contributed by atoms with Gasteiger partial charge in [0, 0.05) is 30.0 Å². The number of carbonyl (C=O) groups excluding carboxylic acids is 2. The molecule has 0 saturated carbocycles. The van der Waals surface area contributed by atoms with Crippen LogP contribution < -0.4 is 20.9 Å². The van der Waals surface area contributed by atoms with E-state index in [0.29, 0.717) is 39.8 Å². The number of anilines is 3. The van der Waals surface area contributed by atoms with Gasteiger partial charge in [0.05, 0.1) is 28.5 Å². The maximum Gasteiger partial charge on any atom is 0.258 e. The van der Waals surface area contributed by atoms with Crippen LogP contribution in [0.1, 0.15) is 40.5 Å². The number of nitrogens with zero attached hydrogens (tertiary/aromatic N) is 3. The van der Waals surface area contributed by atoms with Crippen LogP contribution in [0.4, 0.5) is 17.3 Å². The molecule has 1 aliphatic rings. The average molecular weight is 499 g/mol. The van der Waals surface area contributed by atoms with Crippen molar-refractivity contribution >= 4 is 52.3 Å². The van der Waals surface area contributed by atoms with Gasteiger partial charge in [0.25, 0.3) is 11.8 Å². The van der Waals surface area contributed by atoms with Crippen LogP contribution in [0.2, 0.25) is 10.0 Å². The summed E-state index contributed by atoms with van der Waals surface area (Å²) in [6.07, 6.45) is 5.15. The number of halogens is 2. The first-order chi connectivity index (χ1) is 16.4. The number of amides is 2. The summed E-state index contributed by atoms with van der Waals surface area (Å²) in [6.45, 7) is 3.79. The predicted octanol–water partition coefficient (Wildman–Crippen LogP) is 4.82. The Morgan fingerprint density at radius 2 is 1.82 bits per heavy atom. The zero-order valence-corrected chi connectivity index (χ0v) is 20.0. The summed E-state index contributed by atoms with van der Waals surface area (Å²) >= 11 is 11.9. The van der Waals surface area contributed by atoms with E-state index in [2.05, 4.69) is 37.7 Å². The third kappa shape index (κ3) is 6.02. The Kier molecular flexibility index (Phi) is 7.62. The van der Waals surface area contributed by atoms with E-state index < -0.39 is 5.91 Å². The first kappa shape index (κ1) is 23.9. The van der Waals surface area contributed by atoms with Crippen LogP contribution in [0.15, 0.2) is 54.9 Å². The molecule has 4 rings (SSSR count). The van der Waals surface area contributed by atoms with E-state index >= 15 is 0 Å². The second-order valence-corrected chi connectivity index (χ2v) is 8.91. The van der Waals surface area contributed by atoms with E-state index in [0.717, 1.165) is 25.2 Å². The van der Waals surface area contributed by atoms with Crippen molar-refractivity contribution in [3.8, 4) is 0 Å². The van der Waals surface area contributed by atoms with Crippen molar-refractivity contribution in [3.05, 3.63) is 76.0 Å². The average Bonchev–Trinajstić information content (AvgIpc) is 3.06. The number of nitrogens with one attached hydrogen (secondary N) is 3. The van der Waals surface area contributed by atoms with Crippen molar-refractivity contribution in [3.63, 3.8) is 0 Å². The maximum absolute atomic E-state index is 12.9. The molecule has 0 radical (unpaired) electrons. The molecule has 1 atom stereocenters. The number of benzene rings is 1. The maximum atomic E-state index is 12.9. The van der Waals surface area contributed by atoms with Gasteiger partial charge in [0.1, 0.15) is 11.6 Å². The molecule has 1 aromatic carbocycles. The molecular formula is C24H24Cl2N6O2. The van der Waals surface area contributed by atoms with Gasteiger partial charge in [0.2, 0.25) is 0 Å². The molecule has 1 fully saturated rings. The summed E-state index contributed by atoms with van der Waals surface area (Å²) in [5, 5.41) is 9.72. The van der Waals surface area contributed by atoms with Crippen molar-refractivity contribution in [2.75, 3.05) is 28.7 Å². The number of rotatable bonds is 5. The molecule has 2 aromatic heterocycles. The lowest BCUT2D eigenvalue weighted by molar-refractivity contribution is 0.102. The fourth-order valence-electron chi connectivity index (χ4n) is 3.58. The topological polar surface area (TPSA) is 99.3 Å². The van der Waals surface area contributed by atoms with Crippen molar-refractivity contribution in [1.82, 2.24) is 15.3 Å². The monoisotopic (exact) mass is 498 g/mol. The van der Waals surface area contributed by atoms with Gasteiger partial charge >= 0.3 is 0 Å². The normalized spacial score (nSPS) is 16.0. The highest BCUT2D eigenvalue weighted by Gasteiger charge is 2.18. The van der Waals surface area contributed by atoms with Gasteiger partial charge in [-0.1, -0.05) is 23.2 Å². The van der Waals surface area contributed by atoms with Gasteiger partial charge in [0.15, 0.2) is 0 Å². The van der Waals surface area contributed by atoms with Crippen molar-refractivity contribution in [2.45, 2.75) is 25.8 Å². The first-order valence-corrected chi connectivity index (χ1v) is 11.6. The molecule has 1 aliphatic heterocycles. The third-order valence-corrected chi connectivity index (χ3v) is 5.93. The molecule has 2 amide bonds. The molecule has 34 heavy (non-hydrogen) atoms. The molecule has 8 nitrogen and oxygen atoms in total. The fourth-order valence-corrected chi connectivity index (χ4v) is 3.86. The van der Waals surface area contributed by atoms with Crippen LogP contribution in [0.25, 0.3) is 0 Å². The third-order valence-electron chi connectivity index (χ3n) is 5.47. The highest BCUT2D eigenvalue weighted by atomic mass is 35.5. The van der Waals surface area contributed by atoms with Gasteiger partial charge in [-0.25, -0.2) is 9.97 Å². The highest BCUT2D eigenvalue weighted by molar-refractivity contribution is 6.31. The van der Waals surface area contributed by atoms with Gasteiger partial charge in [-0.15, -0.1) is 0 Å². The number of carbonyl (C=O) groups is 2. The summed E-state index contributed by atoms with van der Waals surface area (Å²) in [7, 11) is 0. The fraction of sp³-hybridized carbons (Fsp3) is 0.250. The molecule has 1 saturated heterocycles. The summed E-state index contributed by atoms with van der Waals surface area (Å²) in [5.74, 6) is 0.274. The molecule has 0 bridgehead atoms. The smallest absolute Gasteiger partial charge is 0.258 e. The van der Waals surface area contributed by atoms with E-state index in [4.69, 9.17) is 23.2 Å². The molecular weight excluding hydrogens is 475 g/mol. The van der Waals surface area contributed by atoms with Crippen LogP contribution >= 0.6 is 23.2 Å². The van der Waals surface area contributed by atoms with Crippen LogP contribution in [0.5, 0.6) is 0 Å². The van der Waals surface area contributed by atoms with E-state index in [-0.39, 0.29) is 11.5 Å². The Labute approximate surface area is 207 Å². The van der Waals surface area contributed by atoms with Gasteiger partial charge < -0.3 is 15.5 Å². The van der Waals surface area contributed by atoms with Crippen LogP contribution in [0, 0.1) is 0 Å². The summed E-state index contributed by atoms with van der Waals surface area (Å²) < 4.78 is 0. The van der Waals surface area contributed by atoms with Gasteiger partial charge in [-0.05, 0) is 62.2 Å². The number of hydrogen-bond acceptors (Lipinski definition) is 6. The molecule has 3 heterocycles. The molecule has 3 N–H and O–H groups in total. The van der Waals surface area contributed by atoms with Crippen LogP contribution in [0.3, 0.4) is 0 Å². The minimum atomic E-state index is -0.469. The minimum Gasteiger partial charge on any atom is -0.344 e. The second-order valence-electron chi connectivity index (χ2n) is 8.03. The highest BCUT2D eigenvalue weighted by Crippen LogP contribution is 2.23. The largest absolute Gasteiger partial charge is 0.344 e. The van der Waals surface area contributed by atoms with Gasteiger partial charge in [-0.2, -0.15) is 0 Å². The van der Waals surface area contributed by atoms with E-state index in [9.17, 15) is 9.59 Å². The lowest BCUT2D eigenvalue weighted by atomic mass is 10.1. The zero-order chi connectivity index (χ0) is 24.1. The quantitative estimate of drug-likeness (QED) is 0.466. The number of pyridine rings is 2. The van der Waals surface area contributed by atoms with Crippen LogP contribution in [-0.2, 0) is 0 Å². The summed E-state index contributed by atoms with van der Waals surface area (Å²) in [5.41, 5.74) is 0.892. The van der Waals surface area contributed by atoms with Crippen LogP contribution in [-0.4, -0.2) is 41.0 Å². The van der Waals surface area contributed by atoms with Crippen molar-refractivity contribution in [2.24, 2.45) is 0 Å². The number of aromatic nitrogens is 2. The molecule has 0 aliphatic carbocycles. The Balaban J connectivity index is 1.47. The lowest BCUT2D eigenvalue weighted by Crippen LogP contribution is -2.36. The molecule has 3 aromatic rings. The number of hydrogen-bond donors (Lipinski definition) is 3. The molecule has 0 spiro atoms. The van der Waals surface area contributed by atoms with Crippen molar-refractivity contribution in [1.29, 1.82) is 0 Å². The minimum absolute atomic E-state index is 0.201. The molecule has 10 heteroatoms. The lowest BCUT2D eigenvalue weighted by Gasteiger charge is -2.22. The standard InChI is InChI=1S/C24H24Cl2N6O2/c1-15-3-2-10-32(14-29-15)22-9-4-16(12-28-22)23(33)30-20-7-5-17(25)11-19(20)24(34)31-21-8-6-18(26)13-27-21/h4-9,11-13,15,29H,2-3,10,14H2,1H3,(H,30,33)(H,27,31,34). The zero-order valence-electron chi connectivity index (χ0n) is 18.5. The second kappa shape index (κ2) is 10.8. The van der Waals surface area contributed by atoms with Gasteiger partial charge in [-0.3, -0.25) is 14.9 Å². The Bertz CT molecular complexity index is 1170. The SMILES string of the molecule is CC1CCCN(c2ccc(C(=O)Nc3ccc(Cl)cc3C(=O)Nc3ccc(Cl)cn3)cn2)CN1. The van der Waals surface area contributed by atoms with E-state index in [1.54, 1.807) is 30.3 Å². The molecule has 176 valence electrons. The Hall–Kier alpha value is -3.20. The molecule has 1 unspecified atom stereocenters. The summed E-state index contributed by atoms with van der Waals surface area (Å²) in [6, 6.07) is 11.9. The summed E-state index contributed by atoms with van der Waals surface area (Å²) in [4.78, 5) is 36.4. The predicted molar refractivity (Wildman–Crippen MR) is 135 cm³/mol. The Morgan fingerprint density at radius 1 is 1.00 bits per heavy atom. The Morgan fingerprint density at radius 3 is 2.56 bits per heavy atom. The van der Waals surface area contributed by atoms with E-state index in [1.807, 2.05) is 6.07 Å². The van der Waals surface area contributed by atoms with Crippen molar-refractivity contribution < 1.29 is 9.59 Å².